The minimum Gasteiger partial charge on any atom is -0.465 e. The van der Waals surface area contributed by atoms with Crippen molar-refractivity contribution in [3.8, 4) is 0 Å². The van der Waals surface area contributed by atoms with E-state index >= 15 is 0 Å². The van der Waals surface area contributed by atoms with Gasteiger partial charge < -0.3 is 19.7 Å². The van der Waals surface area contributed by atoms with E-state index in [9.17, 15) is 19.8 Å². The van der Waals surface area contributed by atoms with Crippen LogP contribution in [0, 0.1) is 11.3 Å². The van der Waals surface area contributed by atoms with Crippen LogP contribution in [0.4, 0.5) is 0 Å². The highest BCUT2D eigenvalue weighted by Crippen LogP contribution is 2.25. The third kappa shape index (κ3) is 46.8. The molecule has 0 spiro atoms. The van der Waals surface area contributed by atoms with Gasteiger partial charge in [-0.25, -0.2) is 0 Å². The monoisotopic (exact) mass is 1000 g/mol. The number of carbonyl (C=O) groups is 2. The first kappa shape index (κ1) is 67.6. The Morgan fingerprint density at radius 2 is 0.606 bits per heavy atom. The Kier molecular flexibility index (Phi) is 52.2. The normalized spacial score (nSPS) is 15.3. The highest BCUT2D eigenvalue weighted by Gasteiger charge is 2.36. The number of allylic oxidation sites excluding steroid dienone is 2. The summed E-state index contributed by atoms with van der Waals surface area (Å²) in [4.78, 5) is 24.7. The lowest BCUT2D eigenvalue weighted by molar-refractivity contribution is -0.155. The standard InChI is InChI=1S/C65H124O6/c1-2-3-4-5-6-7-8-9-10-11-12-13-14-15-16-17-18-19-20-21-22-23-24-25-26-27-28-29-30-31-32-33-34-35-36-37-38-39-40-41-42-43-44-45-46-47-48-49-50-51-52-53-54-55-56-62-57-63(68)70-60-65(58-66,59-67)61-71-64(62)69/h29-30,62,66-67H,2-28,31-61H2,1H3/b30-29+. The first-order valence-corrected chi connectivity index (χ1v) is 32.3. The molecule has 0 aromatic carbocycles. The van der Waals surface area contributed by atoms with Gasteiger partial charge in [-0.05, 0) is 32.1 Å². The van der Waals surface area contributed by atoms with Crippen LogP contribution in [0.25, 0.3) is 0 Å². The molecule has 1 rings (SSSR count). The summed E-state index contributed by atoms with van der Waals surface area (Å²) in [7, 11) is 0. The van der Waals surface area contributed by atoms with Gasteiger partial charge >= 0.3 is 11.9 Å². The van der Waals surface area contributed by atoms with Crippen molar-refractivity contribution in [1.29, 1.82) is 0 Å². The van der Waals surface area contributed by atoms with Crippen molar-refractivity contribution in [2.45, 2.75) is 354 Å². The molecule has 1 heterocycles. The Bertz CT molecular complexity index is 1120. The van der Waals surface area contributed by atoms with Crippen LogP contribution in [0.3, 0.4) is 0 Å². The van der Waals surface area contributed by atoms with Gasteiger partial charge in [0.25, 0.3) is 0 Å². The van der Waals surface area contributed by atoms with Gasteiger partial charge in [-0.1, -0.05) is 327 Å². The smallest absolute Gasteiger partial charge is 0.309 e. The van der Waals surface area contributed by atoms with Crippen molar-refractivity contribution in [2.75, 3.05) is 26.4 Å². The van der Waals surface area contributed by atoms with Crippen LogP contribution in [0.15, 0.2) is 12.2 Å². The Hall–Kier alpha value is -1.40. The number of unbranched alkanes of at least 4 members (excludes halogenated alkanes) is 50. The van der Waals surface area contributed by atoms with Gasteiger partial charge in [0.05, 0.1) is 31.0 Å². The van der Waals surface area contributed by atoms with E-state index in [0.29, 0.717) is 6.42 Å². The van der Waals surface area contributed by atoms with E-state index < -0.39 is 36.5 Å². The quantitative estimate of drug-likeness (QED) is 0.0358. The second kappa shape index (κ2) is 54.8. The molecule has 0 radical (unpaired) electrons. The molecule has 6 heteroatoms. The number of carbonyl (C=O) groups excluding carboxylic acids is 2. The summed E-state index contributed by atoms with van der Waals surface area (Å²) in [6, 6.07) is 0. The maximum atomic E-state index is 12.5. The van der Waals surface area contributed by atoms with E-state index in [-0.39, 0.29) is 19.6 Å². The zero-order valence-corrected chi connectivity index (χ0v) is 47.8. The second-order valence-corrected chi connectivity index (χ2v) is 23.1. The van der Waals surface area contributed by atoms with Crippen LogP contribution in [0.1, 0.15) is 354 Å². The molecule has 0 amide bonds. The number of hydrogen-bond acceptors (Lipinski definition) is 6. The number of hydrogen-bond donors (Lipinski definition) is 2. The molecule has 1 aliphatic rings. The number of esters is 2. The van der Waals surface area contributed by atoms with Gasteiger partial charge in [-0.15, -0.1) is 0 Å². The summed E-state index contributed by atoms with van der Waals surface area (Å²) in [5, 5.41) is 19.2. The third-order valence-electron chi connectivity index (χ3n) is 16.0. The highest BCUT2D eigenvalue weighted by atomic mass is 16.6. The minimum absolute atomic E-state index is 0.00443. The van der Waals surface area contributed by atoms with Crippen molar-refractivity contribution in [3.05, 3.63) is 12.2 Å². The minimum atomic E-state index is -1.12. The maximum Gasteiger partial charge on any atom is 0.309 e. The van der Waals surface area contributed by atoms with Crippen LogP contribution in [0.2, 0.25) is 0 Å². The fourth-order valence-corrected chi connectivity index (χ4v) is 10.8. The Morgan fingerprint density at radius 1 is 0.366 bits per heavy atom. The molecule has 1 unspecified atom stereocenters. The molecule has 2 N–H and O–H groups in total. The Labute approximate surface area is 443 Å². The molecule has 6 nitrogen and oxygen atoms in total. The molecule has 1 fully saturated rings. The van der Waals surface area contributed by atoms with E-state index in [0.717, 1.165) is 19.3 Å². The molecule has 1 saturated heterocycles. The average molecular weight is 1000 g/mol. The van der Waals surface area contributed by atoms with Gasteiger partial charge in [0.15, 0.2) is 0 Å². The van der Waals surface area contributed by atoms with Crippen LogP contribution in [-0.2, 0) is 19.1 Å². The average Bonchev–Trinajstić information content (AvgIpc) is 3.44. The Balaban J connectivity index is 1.68. The molecule has 0 aromatic heterocycles. The summed E-state index contributed by atoms with van der Waals surface area (Å²) < 4.78 is 10.6. The van der Waals surface area contributed by atoms with Crippen molar-refractivity contribution < 1.29 is 29.3 Å². The van der Waals surface area contributed by atoms with Gasteiger partial charge in [0.1, 0.15) is 13.2 Å². The zero-order valence-electron chi connectivity index (χ0n) is 47.8. The Morgan fingerprint density at radius 3 is 0.873 bits per heavy atom. The van der Waals surface area contributed by atoms with Crippen molar-refractivity contribution in [2.24, 2.45) is 11.3 Å². The summed E-state index contributed by atoms with van der Waals surface area (Å²) in [6.45, 7) is 1.21. The fourth-order valence-electron chi connectivity index (χ4n) is 10.8. The number of aliphatic hydroxyl groups is 2. The molecule has 0 aliphatic carbocycles. The SMILES string of the molecule is CCCCCCCCCCCCCCCCCCCCCCCCCCCC/C=C/CCCCCCCCCCCCCCCCCCCCCCCCCCC1CC(=O)OCC(CO)(CO)COC1=O. The maximum absolute atomic E-state index is 12.5. The molecule has 1 atom stereocenters. The molecule has 71 heavy (non-hydrogen) atoms. The van der Waals surface area contributed by atoms with Gasteiger partial charge in [0.2, 0.25) is 0 Å². The predicted octanol–water partition coefficient (Wildman–Crippen LogP) is 20.3. The first-order chi connectivity index (χ1) is 35.1. The second-order valence-electron chi connectivity index (χ2n) is 23.1. The zero-order chi connectivity index (χ0) is 51.1. The molecule has 0 bridgehead atoms. The lowest BCUT2D eigenvalue weighted by atomic mass is 9.92. The van der Waals surface area contributed by atoms with Crippen LogP contribution < -0.4 is 0 Å². The molecule has 0 saturated carbocycles. The van der Waals surface area contributed by atoms with Gasteiger partial charge in [-0.2, -0.15) is 0 Å². The third-order valence-corrected chi connectivity index (χ3v) is 16.0. The molecular formula is C65H124O6. The lowest BCUT2D eigenvalue weighted by Gasteiger charge is -2.27. The molecule has 1 aliphatic heterocycles. The first-order valence-electron chi connectivity index (χ1n) is 32.3. The summed E-state index contributed by atoms with van der Waals surface area (Å²) >= 11 is 0. The topological polar surface area (TPSA) is 93.1 Å². The van der Waals surface area contributed by atoms with E-state index in [1.54, 1.807) is 0 Å². The lowest BCUT2D eigenvalue weighted by Crippen LogP contribution is -2.40. The van der Waals surface area contributed by atoms with E-state index in [2.05, 4.69) is 19.1 Å². The summed E-state index contributed by atoms with van der Waals surface area (Å²) in [5.74, 6) is -1.40. The van der Waals surface area contributed by atoms with Gasteiger partial charge in [-0.3, -0.25) is 9.59 Å². The van der Waals surface area contributed by atoms with Crippen molar-refractivity contribution in [3.63, 3.8) is 0 Å². The molecule has 0 aromatic rings. The van der Waals surface area contributed by atoms with E-state index in [1.807, 2.05) is 0 Å². The van der Waals surface area contributed by atoms with E-state index in [1.165, 1.54) is 315 Å². The number of aliphatic hydroxyl groups excluding tert-OH is 2. The van der Waals surface area contributed by atoms with Crippen LogP contribution in [-0.4, -0.2) is 48.6 Å². The molecular weight excluding hydrogens is 877 g/mol. The predicted molar refractivity (Wildman–Crippen MR) is 306 cm³/mol. The van der Waals surface area contributed by atoms with E-state index in [4.69, 9.17) is 9.47 Å². The largest absolute Gasteiger partial charge is 0.465 e. The summed E-state index contributed by atoms with van der Waals surface area (Å²) in [6.07, 6.45) is 78.7. The highest BCUT2D eigenvalue weighted by molar-refractivity contribution is 5.80. The van der Waals surface area contributed by atoms with Crippen molar-refractivity contribution >= 4 is 11.9 Å². The molecule has 420 valence electrons. The summed E-state index contributed by atoms with van der Waals surface area (Å²) in [5.41, 5.74) is -1.12. The van der Waals surface area contributed by atoms with Crippen LogP contribution in [0.5, 0.6) is 0 Å². The number of cyclic esters (lactones) is 2. The number of ether oxygens (including phenoxy) is 2. The van der Waals surface area contributed by atoms with Gasteiger partial charge in [0, 0.05) is 0 Å². The van der Waals surface area contributed by atoms with Crippen LogP contribution >= 0.6 is 0 Å². The fraction of sp³-hybridized carbons (Fsp3) is 0.938. The number of rotatable bonds is 56. The van der Waals surface area contributed by atoms with Crippen molar-refractivity contribution in [1.82, 2.24) is 0 Å².